The third-order valence-electron chi connectivity index (χ3n) is 16.1. The van der Waals surface area contributed by atoms with Crippen LogP contribution in [0.15, 0.2) is 256 Å². The standard InChI is InChI=1S/C70H42N4O3S/c1-5-17-53-47(13-1)48-14-2-6-18-54(48)67(53)73(43-29-25-41(26-30-43)69-71-59-21-9-11-23-61(59)76-69)45-33-35-51-57-40-66-58(39-64(57)75-63(51)37-45)52-36-34-46(38-65(52)78-66)74(68-55-19-7-3-15-49(55)50-16-4-8-20-56(50)68)44-31-27-42(28-32-44)70-72-60-22-10-12-24-62(60)77-70/h1-40,67-68H. The Kier molecular flexibility index (Phi) is 9.28. The van der Waals surface area contributed by atoms with Crippen molar-refractivity contribution in [3.05, 3.63) is 265 Å². The lowest BCUT2D eigenvalue weighted by Gasteiger charge is -2.33. The second kappa shape index (κ2) is 16.7. The normalized spacial score (nSPS) is 13.0. The van der Waals surface area contributed by atoms with Gasteiger partial charge in [0.25, 0.3) is 0 Å². The van der Waals surface area contributed by atoms with Crippen molar-refractivity contribution in [3.63, 3.8) is 0 Å². The van der Waals surface area contributed by atoms with Crippen LogP contribution >= 0.6 is 11.3 Å². The van der Waals surface area contributed by atoms with Gasteiger partial charge in [-0.3, -0.25) is 0 Å². The van der Waals surface area contributed by atoms with E-state index in [9.17, 15) is 0 Å². The summed E-state index contributed by atoms with van der Waals surface area (Å²) in [6.45, 7) is 0. The van der Waals surface area contributed by atoms with Crippen LogP contribution in [-0.2, 0) is 0 Å². The predicted octanol–water partition coefficient (Wildman–Crippen LogP) is 19.4. The molecule has 0 saturated heterocycles. The number of fused-ring (bicyclic) bond motifs is 14. The number of aromatic nitrogens is 2. The molecule has 0 fully saturated rings. The Morgan fingerprint density at radius 1 is 0.308 bits per heavy atom. The van der Waals surface area contributed by atoms with E-state index in [4.69, 9.17) is 23.2 Å². The van der Waals surface area contributed by atoms with Crippen molar-refractivity contribution < 1.29 is 13.3 Å². The van der Waals surface area contributed by atoms with Gasteiger partial charge >= 0.3 is 0 Å². The molecule has 2 aliphatic carbocycles. The molecule has 4 aromatic heterocycles. The lowest BCUT2D eigenvalue weighted by Crippen LogP contribution is -2.23. The van der Waals surface area contributed by atoms with Crippen molar-refractivity contribution in [2.24, 2.45) is 0 Å². The zero-order chi connectivity index (χ0) is 51.0. The van der Waals surface area contributed by atoms with Crippen molar-refractivity contribution in [3.8, 4) is 45.2 Å². The van der Waals surface area contributed by atoms with E-state index in [2.05, 4.69) is 204 Å². The van der Waals surface area contributed by atoms with E-state index in [0.29, 0.717) is 11.8 Å². The quantitative estimate of drug-likeness (QED) is 0.150. The maximum Gasteiger partial charge on any atom is 0.227 e. The number of hydrogen-bond acceptors (Lipinski definition) is 8. The number of nitrogens with zero attached hydrogens (tertiary/aromatic N) is 4. The lowest BCUT2D eigenvalue weighted by atomic mass is 10.0. The Bertz CT molecular complexity index is 4440. The molecule has 11 aromatic carbocycles. The summed E-state index contributed by atoms with van der Waals surface area (Å²) in [4.78, 5) is 14.6. The van der Waals surface area contributed by atoms with Gasteiger partial charge < -0.3 is 23.1 Å². The fourth-order valence-corrected chi connectivity index (χ4v) is 13.7. The van der Waals surface area contributed by atoms with E-state index in [1.807, 2.05) is 59.9 Å². The number of hydrogen-bond donors (Lipinski definition) is 0. The van der Waals surface area contributed by atoms with Gasteiger partial charge in [-0.15, -0.1) is 11.3 Å². The minimum Gasteiger partial charge on any atom is -0.456 e. The Labute approximate surface area is 451 Å². The molecule has 0 unspecified atom stereocenters. The smallest absolute Gasteiger partial charge is 0.227 e. The molecule has 366 valence electrons. The van der Waals surface area contributed by atoms with Crippen LogP contribution < -0.4 is 9.80 Å². The Balaban J connectivity index is 0.770. The zero-order valence-electron chi connectivity index (χ0n) is 41.7. The summed E-state index contributed by atoms with van der Waals surface area (Å²) in [5.41, 5.74) is 21.2. The van der Waals surface area contributed by atoms with Crippen LogP contribution in [0.4, 0.5) is 22.7 Å². The second-order valence-corrected chi connectivity index (χ2v) is 21.5. The van der Waals surface area contributed by atoms with Crippen molar-refractivity contribution in [2.45, 2.75) is 12.1 Å². The van der Waals surface area contributed by atoms with Gasteiger partial charge in [0.15, 0.2) is 11.2 Å². The van der Waals surface area contributed by atoms with Crippen molar-refractivity contribution in [1.82, 2.24) is 9.97 Å². The van der Waals surface area contributed by atoms with E-state index >= 15 is 0 Å². The summed E-state index contributed by atoms with van der Waals surface area (Å²) < 4.78 is 21.8. The summed E-state index contributed by atoms with van der Waals surface area (Å²) in [5.74, 6) is 1.21. The number of furan rings is 1. The molecule has 78 heavy (non-hydrogen) atoms. The molecule has 8 heteroatoms. The zero-order valence-corrected chi connectivity index (χ0v) is 42.5. The number of para-hydroxylation sites is 4. The molecule has 0 N–H and O–H groups in total. The molecular formula is C70H42N4O3S. The first kappa shape index (κ1) is 43.2. The summed E-state index contributed by atoms with van der Waals surface area (Å²) in [7, 11) is 0. The van der Waals surface area contributed by atoms with Gasteiger partial charge in [-0.05, 0) is 154 Å². The SMILES string of the molecule is c1ccc2c(c1)-c1ccccc1C2N(c1ccc(-c2nc3ccccc3o2)cc1)c1ccc2c(c1)oc1cc3c(cc12)sc1cc(N(c2ccc(-c4nc5ccccc5o4)cc2)C2c4ccccc4-c4ccccc42)ccc13. The largest absolute Gasteiger partial charge is 0.456 e. The van der Waals surface area contributed by atoms with Gasteiger partial charge in [0.2, 0.25) is 11.8 Å². The van der Waals surface area contributed by atoms with Gasteiger partial charge in [-0.2, -0.15) is 0 Å². The van der Waals surface area contributed by atoms with Gasteiger partial charge in [0, 0.05) is 70.9 Å². The van der Waals surface area contributed by atoms with Gasteiger partial charge in [0.05, 0.1) is 12.1 Å². The van der Waals surface area contributed by atoms with E-state index in [1.54, 1.807) is 0 Å². The Hall–Kier alpha value is -10.0. The first-order valence-corrected chi connectivity index (χ1v) is 27.1. The number of oxazole rings is 2. The molecule has 7 nitrogen and oxygen atoms in total. The lowest BCUT2D eigenvalue weighted by molar-refractivity contribution is 0.619. The summed E-state index contributed by atoms with van der Waals surface area (Å²) in [6, 6.07) is 86.5. The Morgan fingerprint density at radius 2 is 0.718 bits per heavy atom. The fourth-order valence-electron chi connectivity index (χ4n) is 12.6. The number of anilines is 4. The number of benzene rings is 11. The highest BCUT2D eigenvalue weighted by molar-refractivity contribution is 7.26. The summed E-state index contributed by atoms with van der Waals surface area (Å²) >= 11 is 1.83. The van der Waals surface area contributed by atoms with Crippen molar-refractivity contribution in [1.29, 1.82) is 0 Å². The number of thiophene rings is 1. The van der Waals surface area contributed by atoms with Crippen LogP contribution in [0.1, 0.15) is 34.3 Å². The van der Waals surface area contributed by atoms with Gasteiger partial charge in [-0.25, -0.2) is 9.97 Å². The predicted molar refractivity (Wildman–Crippen MR) is 317 cm³/mol. The number of rotatable bonds is 8. The molecule has 0 spiro atoms. The first-order valence-electron chi connectivity index (χ1n) is 26.3. The second-order valence-electron chi connectivity index (χ2n) is 20.4. The van der Waals surface area contributed by atoms with Crippen molar-refractivity contribution >= 4 is 98.4 Å². The average Bonchev–Trinajstić information content (AvgIpc) is 4.56. The maximum absolute atomic E-state index is 6.96. The van der Waals surface area contributed by atoms with Crippen molar-refractivity contribution in [2.75, 3.05) is 9.80 Å². The van der Waals surface area contributed by atoms with Crippen LogP contribution in [0.2, 0.25) is 0 Å². The van der Waals surface area contributed by atoms with Gasteiger partial charge in [-0.1, -0.05) is 127 Å². The van der Waals surface area contributed by atoms with Crippen LogP contribution in [0.25, 0.3) is 109 Å². The van der Waals surface area contributed by atoms with E-state index < -0.39 is 0 Å². The van der Waals surface area contributed by atoms with E-state index in [0.717, 1.165) is 78.0 Å². The molecule has 4 heterocycles. The molecule has 17 rings (SSSR count). The van der Waals surface area contributed by atoms with Crippen LogP contribution in [0.3, 0.4) is 0 Å². The minimum atomic E-state index is -0.0793. The van der Waals surface area contributed by atoms with E-state index in [1.165, 1.54) is 64.7 Å². The molecule has 0 aliphatic heterocycles. The highest BCUT2D eigenvalue weighted by Gasteiger charge is 2.36. The molecule has 0 radical (unpaired) electrons. The Morgan fingerprint density at radius 3 is 1.22 bits per heavy atom. The highest BCUT2D eigenvalue weighted by atomic mass is 32.1. The molecule has 0 amide bonds. The molecular weight excluding hydrogens is 977 g/mol. The topological polar surface area (TPSA) is 71.7 Å². The first-order chi connectivity index (χ1) is 38.6. The molecule has 15 aromatic rings. The molecule has 0 saturated carbocycles. The van der Waals surface area contributed by atoms with Crippen LogP contribution in [0.5, 0.6) is 0 Å². The summed E-state index contributed by atoms with van der Waals surface area (Å²) in [6.07, 6.45) is 0. The van der Waals surface area contributed by atoms with E-state index in [-0.39, 0.29) is 12.1 Å². The maximum atomic E-state index is 6.96. The monoisotopic (exact) mass is 1020 g/mol. The third-order valence-corrected chi connectivity index (χ3v) is 17.2. The molecule has 2 aliphatic rings. The highest BCUT2D eigenvalue weighted by Crippen LogP contribution is 2.53. The van der Waals surface area contributed by atoms with Crippen LogP contribution in [0, 0.1) is 0 Å². The van der Waals surface area contributed by atoms with Crippen LogP contribution in [-0.4, -0.2) is 9.97 Å². The molecule has 0 atom stereocenters. The third kappa shape index (κ3) is 6.57. The average molecular weight is 1020 g/mol. The summed E-state index contributed by atoms with van der Waals surface area (Å²) in [5, 5.41) is 4.56. The minimum absolute atomic E-state index is 0.0496. The fraction of sp³-hybridized carbons (Fsp3) is 0.0286. The van der Waals surface area contributed by atoms with Gasteiger partial charge in [0.1, 0.15) is 22.2 Å². The molecule has 0 bridgehead atoms.